The molecule has 4 heterocycles. The third-order valence-electron chi connectivity index (χ3n) is 6.72. The maximum absolute atomic E-state index is 11.4. The summed E-state index contributed by atoms with van der Waals surface area (Å²) in [5.41, 5.74) is 7.68. The number of hydrogen-bond donors (Lipinski definition) is 1. The van der Waals surface area contributed by atoms with Gasteiger partial charge in [0, 0.05) is 43.5 Å². The number of piperidine rings is 1. The van der Waals surface area contributed by atoms with E-state index in [1.54, 1.807) is 0 Å². The lowest BCUT2D eigenvalue weighted by molar-refractivity contribution is -0.153. The number of carbonyl (C=O) groups excluding carboxylic acids is 1. The molecule has 7 heteroatoms. The second-order valence-corrected chi connectivity index (χ2v) is 8.80. The van der Waals surface area contributed by atoms with Gasteiger partial charge < -0.3 is 10.5 Å². The molecule has 0 saturated carbocycles. The first-order valence-electron chi connectivity index (χ1n) is 10.6. The van der Waals surface area contributed by atoms with Crippen molar-refractivity contribution in [3.8, 4) is 5.69 Å². The van der Waals surface area contributed by atoms with Gasteiger partial charge >= 0.3 is 0 Å². The van der Waals surface area contributed by atoms with Crippen LogP contribution in [0.4, 0.5) is 0 Å². The summed E-state index contributed by atoms with van der Waals surface area (Å²) in [7, 11) is 0. The van der Waals surface area contributed by atoms with Crippen molar-refractivity contribution in [1.82, 2.24) is 19.6 Å². The number of para-hydroxylation sites is 1. The fourth-order valence-corrected chi connectivity index (χ4v) is 5.56. The molecule has 3 saturated heterocycles. The Hall–Kier alpha value is -2.22. The van der Waals surface area contributed by atoms with E-state index in [4.69, 9.17) is 10.5 Å². The SMILES string of the molecule is NC(=O)CN1[C@@H]2CC[C@H]1CC1(C2)CN(Cc2cnn(-c3ccccc3)c2)CCO1. The van der Waals surface area contributed by atoms with Gasteiger partial charge in [-0.1, -0.05) is 18.2 Å². The van der Waals surface area contributed by atoms with E-state index in [-0.39, 0.29) is 11.5 Å². The van der Waals surface area contributed by atoms with Crippen LogP contribution in [0.3, 0.4) is 0 Å². The van der Waals surface area contributed by atoms with Crippen LogP contribution in [-0.2, 0) is 16.1 Å². The van der Waals surface area contributed by atoms with E-state index in [2.05, 4.69) is 33.2 Å². The molecule has 3 atom stereocenters. The number of rotatable bonds is 5. The Bertz CT molecular complexity index is 853. The molecule has 0 radical (unpaired) electrons. The maximum atomic E-state index is 11.4. The largest absolute Gasteiger partial charge is 0.372 e. The Kier molecular flexibility index (Phi) is 4.89. The van der Waals surface area contributed by atoms with Gasteiger partial charge in [0.05, 0.1) is 30.6 Å². The average Bonchev–Trinajstić information content (AvgIpc) is 3.26. The second-order valence-electron chi connectivity index (χ2n) is 8.80. The van der Waals surface area contributed by atoms with Crippen molar-refractivity contribution in [3.63, 3.8) is 0 Å². The molecule has 29 heavy (non-hydrogen) atoms. The van der Waals surface area contributed by atoms with E-state index in [1.807, 2.05) is 29.1 Å². The molecule has 0 aliphatic carbocycles. The lowest BCUT2D eigenvalue weighted by atomic mass is 9.84. The van der Waals surface area contributed by atoms with Crippen LogP contribution < -0.4 is 5.73 Å². The zero-order valence-corrected chi connectivity index (χ0v) is 16.7. The van der Waals surface area contributed by atoms with Crippen molar-refractivity contribution in [3.05, 3.63) is 48.3 Å². The highest BCUT2D eigenvalue weighted by atomic mass is 16.5. The van der Waals surface area contributed by atoms with Crippen molar-refractivity contribution in [2.75, 3.05) is 26.2 Å². The van der Waals surface area contributed by atoms with E-state index >= 15 is 0 Å². The first-order chi connectivity index (χ1) is 14.1. The van der Waals surface area contributed by atoms with Crippen LogP contribution in [0.2, 0.25) is 0 Å². The first-order valence-corrected chi connectivity index (χ1v) is 10.6. The molecule has 1 aromatic carbocycles. The molecule has 154 valence electrons. The van der Waals surface area contributed by atoms with Gasteiger partial charge in [-0.05, 0) is 37.8 Å². The van der Waals surface area contributed by atoms with Crippen molar-refractivity contribution in [1.29, 1.82) is 0 Å². The monoisotopic (exact) mass is 395 g/mol. The number of nitrogens with two attached hydrogens (primary N) is 1. The van der Waals surface area contributed by atoms with Gasteiger partial charge in [0.1, 0.15) is 0 Å². The quantitative estimate of drug-likeness (QED) is 0.831. The smallest absolute Gasteiger partial charge is 0.231 e. The third kappa shape index (κ3) is 3.82. The number of benzene rings is 1. The van der Waals surface area contributed by atoms with Crippen LogP contribution in [0, 0.1) is 0 Å². The predicted octanol–water partition coefficient (Wildman–Crippen LogP) is 1.56. The summed E-state index contributed by atoms with van der Waals surface area (Å²) in [6.07, 6.45) is 8.37. The fourth-order valence-electron chi connectivity index (χ4n) is 5.56. The predicted molar refractivity (Wildman–Crippen MR) is 109 cm³/mol. The second kappa shape index (κ2) is 7.55. The number of primary amides is 1. The standard InChI is InChI=1S/C22H29N5O2/c23-21(28)15-26-19-6-7-20(26)11-22(10-19)16-25(8-9-29-22)13-17-12-24-27(14-17)18-4-2-1-3-5-18/h1-5,12,14,19-20H,6-11,13,15-16H2,(H2,23,28)/t19-,20+,22?. The Morgan fingerprint density at radius 3 is 2.69 bits per heavy atom. The molecule has 1 amide bonds. The number of aromatic nitrogens is 2. The Morgan fingerprint density at radius 1 is 1.21 bits per heavy atom. The number of ether oxygens (including phenoxy) is 1. The normalized spacial score (nSPS) is 30.1. The van der Waals surface area contributed by atoms with E-state index < -0.39 is 0 Å². The number of nitrogens with zero attached hydrogens (tertiary/aromatic N) is 4. The summed E-state index contributed by atoms with van der Waals surface area (Å²) < 4.78 is 8.32. The minimum Gasteiger partial charge on any atom is -0.372 e. The highest BCUT2D eigenvalue weighted by Crippen LogP contribution is 2.43. The molecule has 1 aromatic heterocycles. The summed E-state index contributed by atoms with van der Waals surface area (Å²) in [5.74, 6) is -0.223. The number of amides is 1. The summed E-state index contributed by atoms with van der Waals surface area (Å²) >= 11 is 0. The summed E-state index contributed by atoms with van der Waals surface area (Å²) in [6.45, 7) is 3.92. The summed E-state index contributed by atoms with van der Waals surface area (Å²) in [6, 6.07) is 11.0. The first kappa shape index (κ1) is 18.8. The molecule has 2 aromatic rings. The highest BCUT2D eigenvalue weighted by molar-refractivity contribution is 5.76. The molecule has 3 aliphatic rings. The van der Waals surface area contributed by atoms with Crippen molar-refractivity contribution < 1.29 is 9.53 Å². The Labute approximate surface area is 171 Å². The van der Waals surface area contributed by atoms with E-state index in [0.29, 0.717) is 18.6 Å². The highest BCUT2D eigenvalue weighted by Gasteiger charge is 2.50. The molecule has 5 rings (SSSR count). The van der Waals surface area contributed by atoms with Crippen LogP contribution >= 0.6 is 0 Å². The van der Waals surface area contributed by atoms with Gasteiger partial charge in [-0.25, -0.2) is 4.68 Å². The van der Waals surface area contributed by atoms with Gasteiger partial charge in [-0.3, -0.25) is 14.6 Å². The zero-order valence-electron chi connectivity index (χ0n) is 16.7. The molecule has 1 unspecified atom stereocenters. The van der Waals surface area contributed by atoms with Crippen molar-refractivity contribution in [2.24, 2.45) is 5.73 Å². The lowest BCUT2D eigenvalue weighted by Crippen LogP contribution is -2.60. The molecule has 2 bridgehead atoms. The van der Waals surface area contributed by atoms with Gasteiger partial charge in [0.2, 0.25) is 5.91 Å². The van der Waals surface area contributed by atoms with Gasteiger partial charge in [-0.15, -0.1) is 0 Å². The van der Waals surface area contributed by atoms with Crippen LogP contribution in [0.15, 0.2) is 42.7 Å². The number of morpholine rings is 1. The van der Waals surface area contributed by atoms with Crippen LogP contribution in [0.5, 0.6) is 0 Å². The van der Waals surface area contributed by atoms with Gasteiger partial charge in [0.15, 0.2) is 0 Å². The minimum atomic E-state index is -0.223. The van der Waals surface area contributed by atoms with E-state index in [9.17, 15) is 4.79 Å². The van der Waals surface area contributed by atoms with Crippen molar-refractivity contribution >= 4 is 5.91 Å². The van der Waals surface area contributed by atoms with Crippen LogP contribution in [0.25, 0.3) is 5.69 Å². The Morgan fingerprint density at radius 2 is 1.97 bits per heavy atom. The molecule has 1 spiro atoms. The topological polar surface area (TPSA) is 76.6 Å². The number of hydrogen-bond acceptors (Lipinski definition) is 5. The summed E-state index contributed by atoms with van der Waals surface area (Å²) in [4.78, 5) is 16.3. The number of carbonyl (C=O) groups is 1. The molecule has 7 nitrogen and oxygen atoms in total. The summed E-state index contributed by atoms with van der Waals surface area (Å²) in [5, 5.41) is 4.54. The van der Waals surface area contributed by atoms with E-state index in [1.165, 1.54) is 5.56 Å². The maximum Gasteiger partial charge on any atom is 0.231 e. The molecule has 3 fully saturated rings. The van der Waals surface area contributed by atoms with Gasteiger partial charge in [-0.2, -0.15) is 5.10 Å². The van der Waals surface area contributed by atoms with Crippen LogP contribution in [-0.4, -0.2) is 69.4 Å². The lowest BCUT2D eigenvalue weighted by Gasteiger charge is -2.50. The van der Waals surface area contributed by atoms with Crippen molar-refractivity contribution in [2.45, 2.75) is 49.9 Å². The average molecular weight is 396 g/mol. The minimum absolute atomic E-state index is 0.0896. The molecular formula is C22H29N5O2. The van der Waals surface area contributed by atoms with Crippen LogP contribution in [0.1, 0.15) is 31.2 Å². The molecule has 3 aliphatic heterocycles. The molecular weight excluding hydrogens is 366 g/mol. The molecule has 2 N–H and O–H groups in total. The Balaban J connectivity index is 1.25. The third-order valence-corrected chi connectivity index (χ3v) is 6.72. The zero-order chi connectivity index (χ0) is 19.8. The van der Waals surface area contributed by atoms with Gasteiger partial charge in [0.25, 0.3) is 0 Å². The van der Waals surface area contributed by atoms with E-state index in [0.717, 1.165) is 57.6 Å². The fraction of sp³-hybridized carbons (Fsp3) is 0.545. The number of fused-ring (bicyclic) bond motifs is 2.